The summed E-state index contributed by atoms with van der Waals surface area (Å²) in [5.74, 6) is 12.1. The van der Waals surface area contributed by atoms with Crippen LogP contribution in [-0.4, -0.2) is 66.2 Å². The Hall–Kier alpha value is 2.80. The van der Waals surface area contributed by atoms with Gasteiger partial charge in [0.05, 0.1) is 8.66 Å². The molecule has 0 aliphatic carbocycles. The maximum absolute atomic E-state index is 4.28. The van der Waals surface area contributed by atoms with Gasteiger partial charge >= 0.3 is 0 Å². The summed E-state index contributed by atoms with van der Waals surface area (Å²) >= 11 is 21.3. The van der Waals surface area contributed by atoms with Gasteiger partial charge in [-0.05, 0) is 18.4 Å². The van der Waals surface area contributed by atoms with Crippen molar-refractivity contribution in [1.29, 1.82) is 0 Å². The summed E-state index contributed by atoms with van der Waals surface area (Å²) in [7, 11) is 0. The second-order valence-electron chi connectivity index (χ2n) is 4.46. The first kappa shape index (κ1) is 21.8. The number of thiol groups is 2. The van der Waals surface area contributed by atoms with Crippen LogP contribution in [0.3, 0.4) is 0 Å². The van der Waals surface area contributed by atoms with Crippen LogP contribution >= 0.6 is 95.8 Å². The summed E-state index contributed by atoms with van der Waals surface area (Å²) < 4.78 is 1.14. The van der Waals surface area contributed by atoms with E-state index in [1.165, 1.54) is 46.0 Å². The highest BCUT2D eigenvalue weighted by Gasteiger charge is 2.39. The van der Waals surface area contributed by atoms with Gasteiger partial charge in [0.15, 0.2) is 0 Å². The topological polar surface area (TPSA) is 0 Å². The van der Waals surface area contributed by atoms with Crippen LogP contribution in [0.25, 0.3) is 0 Å². The lowest BCUT2D eigenvalue weighted by Crippen LogP contribution is -2.26. The van der Waals surface area contributed by atoms with E-state index < -0.39 is 0 Å². The summed E-state index contributed by atoms with van der Waals surface area (Å²) in [6.45, 7) is 2.46. The Balaban J connectivity index is 2.28. The molecule has 0 saturated carbocycles. The average molecular weight is 439 g/mol. The van der Waals surface area contributed by atoms with E-state index in [9.17, 15) is 0 Å². The molecule has 0 aromatic carbocycles. The van der Waals surface area contributed by atoms with Crippen molar-refractivity contribution in [3.63, 3.8) is 0 Å². The fourth-order valence-electron chi connectivity index (χ4n) is 1.78. The van der Waals surface area contributed by atoms with Gasteiger partial charge in [-0.25, -0.2) is 0 Å². The van der Waals surface area contributed by atoms with Gasteiger partial charge in [0, 0.05) is 46.0 Å². The third-order valence-corrected chi connectivity index (χ3v) is 13.5. The van der Waals surface area contributed by atoms with Gasteiger partial charge in [0.1, 0.15) is 0 Å². The zero-order valence-electron chi connectivity index (χ0n) is 12.5. The molecule has 0 atom stereocenters. The smallest absolute Gasteiger partial charge is 0.0792 e. The Morgan fingerprint density at radius 3 is 1.76 bits per heavy atom. The number of rotatable bonds is 13. The van der Waals surface area contributed by atoms with E-state index in [-0.39, 0.29) is 0 Å². The highest BCUT2D eigenvalue weighted by Crippen LogP contribution is 2.53. The highest BCUT2D eigenvalue weighted by molar-refractivity contribution is 8.26. The number of thioether (sulfide) groups is 6. The maximum atomic E-state index is 4.28. The lowest BCUT2D eigenvalue weighted by atomic mass is 10.5. The zero-order valence-corrected chi connectivity index (χ0v) is 19.2. The Kier molecular flexibility index (Phi) is 14.6. The van der Waals surface area contributed by atoms with E-state index in [0.717, 1.165) is 16.1 Å². The molecule has 0 unspecified atom stereocenters. The van der Waals surface area contributed by atoms with Crippen LogP contribution in [-0.2, 0) is 0 Å². The normalized spacial score (nSPS) is 17.7. The first-order chi connectivity index (χ1) is 10.2. The van der Waals surface area contributed by atoms with E-state index in [0.29, 0.717) is 4.08 Å². The van der Waals surface area contributed by atoms with Crippen molar-refractivity contribution < 1.29 is 0 Å². The van der Waals surface area contributed by atoms with Crippen molar-refractivity contribution in [1.82, 2.24) is 0 Å². The predicted molar refractivity (Wildman–Crippen MR) is 124 cm³/mol. The standard InChI is InChI=1S/C13H26S8/c1-13(20-10-11-21-13)12(18-8-6-16-4-2-14)19-9-7-17-5-3-15/h12,14-15H,2-11H2,1H3. The monoisotopic (exact) mass is 438 g/mol. The maximum Gasteiger partial charge on any atom is 0.0792 e. The van der Waals surface area contributed by atoms with Crippen molar-refractivity contribution in [2.45, 2.75) is 15.6 Å². The minimum absolute atomic E-state index is 0.414. The van der Waals surface area contributed by atoms with E-state index in [1.807, 2.05) is 23.5 Å². The van der Waals surface area contributed by atoms with Crippen LogP contribution in [0.1, 0.15) is 6.92 Å². The lowest BCUT2D eigenvalue weighted by molar-refractivity contribution is 1.01. The summed E-state index contributed by atoms with van der Waals surface area (Å²) in [5, 5.41) is 0. The second kappa shape index (κ2) is 14.0. The van der Waals surface area contributed by atoms with E-state index in [2.05, 4.69) is 79.2 Å². The highest BCUT2D eigenvalue weighted by atomic mass is 32.2. The van der Waals surface area contributed by atoms with Crippen LogP contribution in [0.5, 0.6) is 0 Å². The molecule has 0 amide bonds. The largest absolute Gasteiger partial charge is 0.179 e. The molecule has 1 heterocycles. The summed E-state index contributed by atoms with van der Waals surface area (Å²) in [6.07, 6.45) is 0. The Morgan fingerprint density at radius 1 is 0.857 bits per heavy atom. The fraction of sp³-hybridized carbons (Fsp3) is 1.00. The van der Waals surface area contributed by atoms with Crippen LogP contribution in [0.4, 0.5) is 0 Å². The molecular weight excluding hydrogens is 413 g/mol. The van der Waals surface area contributed by atoms with Gasteiger partial charge in [-0.3, -0.25) is 0 Å². The number of hydrogen-bond donors (Lipinski definition) is 2. The van der Waals surface area contributed by atoms with E-state index in [4.69, 9.17) is 0 Å². The Morgan fingerprint density at radius 2 is 1.33 bits per heavy atom. The van der Waals surface area contributed by atoms with E-state index in [1.54, 1.807) is 0 Å². The Bertz CT molecular complexity index is 230. The molecule has 8 heteroatoms. The summed E-state index contributed by atoms with van der Waals surface area (Å²) in [5.41, 5.74) is 0. The van der Waals surface area contributed by atoms with Crippen molar-refractivity contribution in [2.24, 2.45) is 0 Å². The third kappa shape index (κ3) is 9.75. The van der Waals surface area contributed by atoms with Crippen LogP contribution in [0.15, 0.2) is 0 Å². The molecular formula is C13H26S8. The molecule has 0 bridgehead atoms. The first-order valence-electron chi connectivity index (χ1n) is 7.11. The molecule has 0 spiro atoms. The molecule has 0 nitrogen and oxygen atoms in total. The molecule has 1 aliphatic rings. The quantitative estimate of drug-likeness (QED) is 0.226. The molecule has 0 radical (unpaired) electrons. The fourth-order valence-corrected chi connectivity index (χ4v) is 11.1. The summed E-state index contributed by atoms with van der Waals surface area (Å²) in [6, 6.07) is 0. The molecule has 1 aliphatic heterocycles. The first-order valence-corrected chi connectivity index (χ1v) is 14.8. The zero-order chi connectivity index (χ0) is 15.4. The van der Waals surface area contributed by atoms with E-state index >= 15 is 0 Å². The molecule has 1 saturated heterocycles. The van der Waals surface area contributed by atoms with Gasteiger partial charge in [-0.1, -0.05) is 0 Å². The van der Waals surface area contributed by atoms with Gasteiger partial charge in [-0.2, -0.15) is 48.8 Å². The molecule has 21 heavy (non-hydrogen) atoms. The van der Waals surface area contributed by atoms with Crippen molar-refractivity contribution in [2.75, 3.05) is 57.5 Å². The van der Waals surface area contributed by atoms with Gasteiger partial charge in [0.25, 0.3) is 0 Å². The van der Waals surface area contributed by atoms with Gasteiger partial charge < -0.3 is 0 Å². The third-order valence-electron chi connectivity index (χ3n) is 2.75. The van der Waals surface area contributed by atoms with Crippen molar-refractivity contribution >= 4 is 95.8 Å². The molecule has 0 aromatic heterocycles. The van der Waals surface area contributed by atoms with Crippen LogP contribution in [0, 0.1) is 0 Å². The second-order valence-corrected chi connectivity index (χ2v) is 13.9. The molecule has 0 N–H and O–H groups in total. The average Bonchev–Trinajstić information content (AvgIpc) is 2.92. The van der Waals surface area contributed by atoms with Crippen LogP contribution in [0.2, 0.25) is 0 Å². The molecule has 1 fully saturated rings. The minimum atomic E-state index is 0.414. The van der Waals surface area contributed by atoms with Crippen molar-refractivity contribution in [3.8, 4) is 0 Å². The predicted octanol–water partition coefficient (Wildman–Crippen LogP) is 5.30. The van der Waals surface area contributed by atoms with Crippen molar-refractivity contribution in [3.05, 3.63) is 0 Å². The SMILES string of the molecule is CC1(C(SCCSCCS)SCCSCCS)SCCS1. The minimum Gasteiger partial charge on any atom is -0.179 e. The molecule has 126 valence electrons. The Labute approximate surface area is 167 Å². The number of hydrogen-bond acceptors (Lipinski definition) is 8. The molecule has 1 rings (SSSR count). The summed E-state index contributed by atoms with van der Waals surface area (Å²) in [4.78, 5) is 0. The van der Waals surface area contributed by atoms with Gasteiger partial charge in [0.2, 0.25) is 0 Å². The van der Waals surface area contributed by atoms with Crippen LogP contribution < -0.4 is 0 Å². The lowest BCUT2D eigenvalue weighted by Gasteiger charge is -2.31. The van der Waals surface area contributed by atoms with Gasteiger partial charge in [-0.15, -0.1) is 47.0 Å². The molecule has 0 aromatic rings.